The van der Waals surface area contributed by atoms with Crippen molar-refractivity contribution in [2.45, 2.75) is 110 Å². The number of amides is 5. The summed E-state index contributed by atoms with van der Waals surface area (Å²) in [6, 6.07) is 0.801. The lowest BCUT2D eigenvalue weighted by molar-refractivity contribution is -0.172. The highest BCUT2D eigenvalue weighted by Crippen LogP contribution is 2.44. The number of imide groups is 1. The van der Waals surface area contributed by atoms with E-state index in [1.165, 1.54) is 29.7 Å². The highest BCUT2D eigenvalue weighted by atomic mass is 19.1. The number of unbranched alkanes of at least 4 members (excludes halogenated alkanes) is 2. The number of carbonyl (C=O) groups is 6. The SMILES string of the molecule is CC[C@@]1(O)C(=O)OCc2c1cc1n(c2=O)Cc2c-1nc1cc(F)c(NC(=O)[C@H](C)NC(=O)[C@@H](NC(=O)CCCCCN3C(=O)C=CC3=O)C(C)C)c3c1c2CCC3. The molecular weight excluding hydrogens is 739 g/mol. The number of nitrogens with one attached hydrogen (secondary N) is 3. The van der Waals surface area contributed by atoms with E-state index < -0.39 is 46.8 Å². The summed E-state index contributed by atoms with van der Waals surface area (Å²) in [6.07, 6.45) is 5.86. The van der Waals surface area contributed by atoms with E-state index in [-0.39, 0.29) is 73.0 Å². The molecule has 16 heteroatoms. The lowest BCUT2D eigenvalue weighted by atomic mass is 9.85. The molecule has 7 rings (SSSR count). The number of fused-ring (bicyclic) bond motifs is 5. The third-order valence-electron chi connectivity index (χ3n) is 11.5. The number of esters is 1. The number of cyclic esters (lactones) is 1. The van der Waals surface area contributed by atoms with Crippen LogP contribution in [-0.2, 0) is 65.1 Å². The molecule has 0 unspecified atom stereocenters. The van der Waals surface area contributed by atoms with Crippen LogP contribution in [0, 0.1) is 11.7 Å². The first-order valence-electron chi connectivity index (χ1n) is 19.4. The minimum absolute atomic E-state index is 0.00131. The van der Waals surface area contributed by atoms with E-state index in [0.717, 1.165) is 16.0 Å². The van der Waals surface area contributed by atoms with Gasteiger partial charge in [-0.15, -0.1) is 0 Å². The Morgan fingerprint density at radius 1 is 0.947 bits per heavy atom. The minimum atomic E-state index is -1.98. The average Bonchev–Trinajstić information content (AvgIpc) is 3.71. The van der Waals surface area contributed by atoms with Crippen molar-refractivity contribution in [3.63, 3.8) is 0 Å². The van der Waals surface area contributed by atoms with Crippen LogP contribution in [0.15, 0.2) is 29.1 Å². The Morgan fingerprint density at radius 2 is 1.67 bits per heavy atom. The van der Waals surface area contributed by atoms with Crippen LogP contribution in [0.4, 0.5) is 10.1 Å². The number of hydrogen-bond donors (Lipinski definition) is 4. The molecule has 15 nitrogen and oxygen atoms in total. The molecule has 0 fully saturated rings. The molecule has 2 aromatic heterocycles. The Labute approximate surface area is 327 Å². The standard InChI is InChI=1S/C41H45FN6O9/c1-5-41(56)26-16-29-36-24(18-48(29)39(54)25(26)19-57-40(41)55)22-10-9-11-23-33(22)28(44-36)17-27(42)35(23)46-37(52)21(4)43-38(53)34(20(2)3)45-30(49)12-7-6-8-15-47-31(50)13-14-32(47)51/h13-14,16-17,20-21,34,56H,5-12,15,18-19H2,1-4H3,(H,43,53)(H,45,49)(H,46,52)/t21-,34-,41-/m0/s1. The molecule has 4 N–H and O–H groups in total. The van der Waals surface area contributed by atoms with Gasteiger partial charge in [0, 0.05) is 47.7 Å². The van der Waals surface area contributed by atoms with Crippen molar-refractivity contribution in [2.75, 3.05) is 11.9 Å². The smallest absolute Gasteiger partial charge is 0.343 e. The number of pyridine rings is 2. The molecule has 1 aromatic carbocycles. The third-order valence-corrected chi connectivity index (χ3v) is 11.5. The summed E-state index contributed by atoms with van der Waals surface area (Å²) in [4.78, 5) is 95.3. The van der Waals surface area contributed by atoms with Crippen LogP contribution < -0.4 is 21.5 Å². The number of hydrogen-bond acceptors (Lipinski definition) is 10. The second-order valence-electron chi connectivity index (χ2n) is 15.5. The maximum Gasteiger partial charge on any atom is 0.343 e. The van der Waals surface area contributed by atoms with Crippen molar-refractivity contribution in [3.05, 3.63) is 68.3 Å². The number of aliphatic hydroxyl groups is 1. The number of carbonyl (C=O) groups excluding carboxylic acids is 6. The molecule has 4 aliphatic rings. The molecule has 5 heterocycles. The molecule has 0 spiro atoms. The van der Waals surface area contributed by atoms with Crippen LogP contribution in [-0.4, -0.2) is 73.7 Å². The molecule has 0 radical (unpaired) electrons. The van der Waals surface area contributed by atoms with Crippen LogP contribution in [0.25, 0.3) is 22.3 Å². The molecule has 1 aliphatic carbocycles. The highest BCUT2D eigenvalue weighted by Gasteiger charge is 2.45. The quantitative estimate of drug-likeness (QED) is 0.0887. The topological polar surface area (TPSA) is 206 Å². The highest BCUT2D eigenvalue weighted by molar-refractivity contribution is 6.12. The van der Waals surface area contributed by atoms with Crippen molar-refractivity contribution in [2.24, 2.45) is 5.92 Å². The Hall–Kier alpha value is -5.77. The van der Waals surface area contributed by atoms with E-state index in [2.05, 4.69) is 16.0 Å². The second kappa shape index (κ2) is 15.3. The fourth-order valence-corrected chi connectivity index (χ4v) is 8.26. The van der Waals surface area contributed by atoms with Gasteiger partial charge in [0.05, 0.1) is 34.7 Å². The van der Waals surface area contributed by atoms with Gasteiger partial charge in [0.25, 0.3) is 17.4 Å². The summed E-state index contributed by atoms with van der Waals surface area (Å²) in [5.41, 5.74) is 1.40. The van der Waals surface area contributed by atoms with Crippen LogP contribution in [0.2, 0.25) is 0 Å². The number of anilines is 1. The zero-order chi connectivity index (χ0) is 40.9. The number of rotatable bonds is 13. The predicted octanol–water partition coefficient (Wildman–Crippen LogP) is 2.78. The maximum absolute atomic E-state index is 16.0. The lowest BCUT2D eigenvalue weighted by Gasteiger charge is -2.31. The Morgan fingerprint density at radius 3 is 2.37 bits per heavy atom. The van der Waals surface area contributed by atoms with Crippen LogP contribution in [0.5, 0.6) is 0 Å². The van der Waals surface area contributed by atoms with E-state index in [1.807, 2.05) is 0 Å². The van der Waals surface area contributed by atoms with Crippen LogP contribution >= 0.6 is 0 Å². The average molecular weight is 785 g/mol. The first-order chi connectivity index (χ1) is 27.1. The molecule has 0 saturated carbocycles. The molecule has 3 atom stereocenters. The van der Waals surface area contributed by atoms with Gasteiger partial charge in [0.1, 0.15) is 24.5 Å². The molecule has 57 heavy (non-hydrogen) atoms. The number of aryl methyl sites for hydroxylation is 2. The van der Waals surface area contributed by atoms with Crippen molar-refractivity contribution >= 4 is 52.1 Å². The van der Waals surface area contributed by atoms with E-state index in [4.69, 9.17) is 9.72 Å². The van der Waals surface area contributed by atoms with E-state index >= 15 is 4.39 Å². The van der Waals surface area contributed by atoms with Crippen molar-refractivity contribution in [1.82, 2.24) is 25.1 Å². The summed E-state index contributed by atoms with van der Waals surface area (Å²) >= 11 is 0. The zero-order valence-electron chi connectivity index (χ0n) is 32.3. The Balaban J connectivity index is 1.04. The largest absolute Gasteiger partial charge is 0.458 e. The fourth-order valence-electron chi connectivity index (χ4n) is 8.26. The van der Waals surface area contributed by atoms with Gasteiger partial charge in [0.15, 0.2) is 5.60 Å². The van der Waals surface area contributed by atoms with Crippen LogP contribution in [0.1, 0.15) is 94.0 Å². The monoisotopic (exact) mass is 784 g/mol. The van der Waals surface area contributed by atoms with E-state index in [0.29, 0.717) is 66.4 Å². The summed E-state index contributed by atoms with van der Waals surface area (Å²) in [7, 11) is 0. The Bertz CT molecular complexity index is 2330. The van der Waals surface area contributed by atoms with Crippen LogP contribution in [0.3, 0.4) is 0 Å². The van der Waals surface area contributed by atoms with Crippen molar-refractivity contribution < 1.29 is 43.0 Å². The Kier molecular flexibility index (Phi) is 10.6. The first-order valence-corrected chi connectivity index (χ1v) is 19.4. The van der Waals surface area contributed by atoms with Gasteiger partial charge >= 0.3 is 5.97 Å². The third kappa shape index (κ3) is 7.00. The molecule has 300 valence electrons. The van der Waals surface area contributed by atoms with Gasteiger partial charge in [-0.2, -0.15) is 0 Å². The van der Waals surface area contributed by atoms with E-state index in [1.54, 1.807) is 26.8 Å². The van der Waals surface area contributed by atoms with Crippen molar-refractivity contribution in [1.29, 1.82) is 0 Å². The number of benzene rings is 1. The van der Waals surface area contributed by atoms with Gasteiger partial charge in [0.2, 0.25) is 17.7 Å². The fraction of sp³-hybridized carbons (Fsp3) is 0.463. The molecule has 0 saturated heterocycles. The summed E-state index contributed by atoms with van der Waals surface area (Å²) < 4.78 is 22.7. The molecule has 5 amide bonds. The number of ether oxygens (including phenoxy) is 1. The predicted molar refractivity (Wildman–Crippen MR) is 204 cm³/mol. The summed E-state index contributed by atoms with van der Waals surface area (Å²) in [6.45, 7) is 6.80. The summed E-state index contributed by atoms with van der Waals surface area (Å²) in [5.74, 6) is -4.17. The van der Waals surface area contributed by atoms with E-state index in [9.17, 15) is 38.7 Å². The molecule has 3 aliphatic heterocycles. The minimum Gasteiger partial charge on any atom is -0.458 e. The summed E-state index contributed by atoms with van der Waals surface area (Å²) in [5, 5.41) is 20.0. The van der Waals surface area contributed by atoms with Crippen molar-refractivity contribution in [3.8, 4) is 11.4 Å². The van der Waals surface area contributed by atoms with Gasteiger partial charge < -0.3 is 30.4 Å². The first kappa shape index (κ1) is 39.5. The van der Waals surface area contributed by atoms with Gasteiger partial charge in [-0.05, 0) is 68.6 Å². The number of halogens is 1. The number of aromatic nitrogens is 2. The zero-order valence-corrected chi connectivity index (χ0v) is 32.3. The van der Waals surface area contributed by atoms with Gasteiger partial charge in [-0.3, -0.25) is 33.7 Å². The normalized spacial score (nSPS) is 18.9. The lowest BCUT2D eigenvalue weighted by Crippen LogP contribution is -2.53. The molecule has 0 bridgehead atoms. The maximum atomic E-state index is 16.0. The van der Waals surface area contributed by atoms with Gasteiger partial charge in [-0.1, -0.05) is 27.2 Å². The van der Waals surface area contributed by atoms with Gasteiger partial charge in [-0.25, -0.2) is 14.2 Å². The second-order valence-corrected chi connectivity index (χ2v) is 15.5. The molecular formula is C41H45FN6O9. The number of nitrogens with zero attached hydrogens (tertiary/aromatic N) is 3. The molecule has 3 aromatic rings.